The number of urea groups is 1. The molecular weight excluding hydrogens is 236 g/mol. The highest BCUT2D eigenvalue weighted by atomic mass is 16.2. The average Bonchev–Trinajstić information content (AvgIpc) is 2.48. The van der Waals surface area contributed by atoms with Crippen molar-refractivity contribution in [1.29, 1.82) is 0 Å². The number of hydrogen-bond acceptors (Lipinski definition) is 1. The van der Waals surface area contributed by atoms with Gasteiger partial charge in [-0.25, -0.2) is 4.79 Å². The van der Waals surface area contributed by atoms with E-state index in [1.54, 1.807) is 0 Å². The molecule has 0 radical (unpaired) electrons. The second-order valence-corrected chi connectivity index (χ2v) is 6.48. The molecule has 1 N–H and O–H groups in total. The highest BCUT2D eigenvalue weighted by molar-refractivity contribution is 5.74. The summed E-state index contributed by atoms with van der Waals surface area (Å²) < 4.78 is 0. The van der Waals surface area contributed by atoms with Crippen molar-refractivity contribution in [1.82, 2.24) is 10.2 Å². The quantitative estimate of drug-likeness (QED) is 0.824. The van der Waals surface area contributed by atoms with E-state index in [-0.39, 0.29) is 6.03 Å². The van der Waals surface area contributed by atoms with Crippen LogP contribution < -0.4 is 5.32 Å². The number of nitrogens with zero attached hydrogens (tertiary/aromatic N) is 1. The molecule has 3 nitrogen and oxygen atoms in total. The summed E-state index contributed by atoms with van der Waals surface area (Å²) in [4.78, 5) is 14.3. The van der Waals surface area contributed by atoms with Crippen LogP contribution in [-0.4, -0.2) is 30.1 Å². The number of rotatable bonds is 3. The van der Waals surface area contributed by atoms with Gasteiger partial charge < -0.3 is 10.2 Å². The van der Waals surface area contributed by atoms with Gasteiger partial charge >= 0.3 is 6.03 Å². The highest BCUT2D eigenvalue weighted by Crippen LogP contribution is 2.37. The molecule has 0 aromatic carbocycles. The normalized spacial score (nSPS) is 24.2. The summed E-state index contributed by atoms with van der Waals surface area (Å²) in [5, 5.41) is 3.24. The summed E-state index contributed by atoms with van der Waals surface area (Å²) in [7, 11) is 0. The first kappa shape index (κ1) is 14.7. The van der Waals surface area contributed by atoms with Gasteiger partial charge in [0.2, 0.25) is 0 Å². The van der Waals surface area contributed by atoms with E-state index in [2.05, 4.69) is 19.2 Å². The van der Waals surface area contributed by atoms with Crippen LogP contribution in [0.15, 0.2) is 0 Å². The Morgan fingerprint density at radius 1 is 1.11 bits per heavy atom. The van der Waals surface area contributed by atoms with Gasteiger partial charge in [-0.1, -0.05) is 46.0 Å². The van der Waals surface area contributed by atoms with E-state index in [4.69, 9.17) is 0 Å². The Bertz CT molecular complexity index is 283. The van der Waals surface area contributed by atoms with E-state index in [9.17, 15) is 4.79 Å². The zero-order valence-electron chi connectivity index (χ0n) is 12.7. The van der Waals surface area contributed by atoms with Crippen LogP contribution in [0.2, 0.25) is 0 Å². The predicted molar refractivity (Wildman–Crippen MR) is 79.2 cm³/mol. The number of hydrogen-bond donors (Lipinski definition) is 1. The third-order valence-electron chi connectivity index (χ3n) is 5.54. The Morgan fingerprint density at radius 2 is 1.68 bits per heavy atom. The second-order valence-electron chi connectivity index (χ2n) is 6.48. The molecule has 19 heavy (non-hydrogen) atoms. The first-order chi connectivity index (χ1) is 9.19. The zero-order chi connectivity index (χ0) is 13.7. The smallest absolute Gasteiger partial charge is 0.317 e. The van der Waals surface area contributed by atoms with Gasteiger partial charge in [0.15, 0.2) is 0 Å². The predicted octanol–water partition coefficient (Wildman–Crippen LogP) is 3.93. The van der Waals surface area contributed by atoms with Crippen molar-refractivity contribution in [3.8, 4) is 0 Å². The van der Waals surface area contributed by atoms with Crippen LogP contribution in [0, 0.1) is 5.41 Å². The summed E-state index contributed by atoms with van der Waals surface area (Å²) in [6.45, 7) is 6.48. The molecule has 0 spiro atoms. The Morgan fingerprint density at radius 3 is 2.21 bits per heavy atom. The van der Waals surface area contributed by atoms with Gasteiger partial charge in [-0.05, 0) is 31.1 Å². The Balaban J connectivity index is 1.78. The minimum absolute atomic E-state index is 0.188. The van der Waals surface area contributed by atoms with Crippen LogP contribution >= 0.6 is 0 Å². The summed E-state index contributed by atoms with van der Waals surface area (Å²) >= 11 is 0. The molecule has 3 heteroatoms. The summed E-state index contributed by atoms with van der Waals surface area (Å²) in [6.07, 6.45) is 11.1. The molecule has 1 heterocycles. The Labute approximate surface area is 118 Å². The maximum atomic E-state index is 12.3. The fourth-order valence-electron chi connectivity index (χ4n) is 3.65. The largest absolute Gasteiger partial charge is 0.335 e. The molecule has 0 atom stereocenters. The van der Waals surface area contributed by atoms with Gasteiger partial charge in [-0.3, -0.25) is 0 Å². The summed E-state index contributed by atoms with van der Waals surface area (Å²) in [5.41, 5.74) is 0.502. The van der Waals surface area contributed by atoms with Crippen LogP contribution in [-0.2, 0) is 0 Å². The molecule has 1 saturated carbocycles. The van der Waals surface area contributed by atoms with Gasteiger partial charge in [0.1, 0.15) is 0 Å². The van der Waals surface area contributed by atoms with E-state index in [1.807, 2.05) is 4.90 Å². The van der Waals surface area contributed by atoms with Crippen LogP contribution in [0.3, 0.4) is 0 Å². The highest BCUT2D eigenvalue weighted by Gasteiger charge is 2.33. The van der Waals surface area contributed by atoms with Crippen LogP contribution in [0.1, 0.15) is 71.6 Å². The number of carbonyl (C=O) groups excluding carboxylic acids is 1. The molecule has 0 aromatic rings. The van der Waals surface area contributed by atoms with Crippen molar-refractivity contribution >= 4 is 6.03 Å². The molecule has 2 fully saturated rings. The SMILES string of the molecule is CCC1(CC)CCN(C(=O)NC2CCCCC2)CC1. The van der Waals surface area contributed by atoms with Crippen LogP contribution in [0.5, 0.6) is 0 Å². The molecule has 0 aromatic heterocycles. The number of nitrogens with one attached hydrogen (secondary N) is 1. The molecule has 110 valence electrons. The molecule has 2 rings (SSSR count). The van der Waals surface area contributed by atoms with Crippen molar-refractivity contribution < 1.29 is 4.79 Å². The van der Waals surface area contributed by atoms with Gasteiger partial charge in [0.05, 0.1) is 0 Å². The van der Waals surface area contributed by atoms with Crippen molar-refractivity contribution in [3.05, 3.63) is 0 Å². The van der Waals surface area contributed by atoms with Gasteiger partial charge in [0.25, 0.3) is 0 Å². The third-order valence-corrected chi connectivity index (χ3v) is 5.54. The lowest BCUT2D eigenvalue weighted by Crippen LogP contribution is -2.50. The van der Waals surface area contributed by atoms with Gasteiger partial charge in [-0.2, -0.15) is 0 Å². The Hall–Kier alpha value is -0.730. The van der Waals surface area contributed by atoms with E-state index in [0.717, 1.165) is 13.1 Å². The molecular formula is C16H30N2O. The van der Waals surface area contributed by atoms with Crippen LogP contribution in [0.25, 0.3) is 0 Å². The molecule has 2 aliphatic rings. The summed E-state index contributed by atoms with van der Waals surface area (Å²) in [6, 6.07) is 0.623. The molecule has 1 aliphatic heterocycles. The lowest BCUT2D eigenvalue weighted by Gasteiger charge is -2.41. The summed E-state index contributed by atoms with van der Waals surface area (Å²) in [5.74, 6) is 0. The second kappa shape index (κ2) is 6.62. The zero-order valence-corrected chi connectivity index (χ0v) is 12.7. The molecule has 1 aliphatic carbocycles. The fourth-order valence-corrected chi connectivity index (χ4v) is 3.65. The first-order valence-corrected chi connectivity index (χ1v) is 8.24. The average molecular weight is 266 g/mol. The first-order valence-electron chi connectivity index (χ1n) is 8.24. The minimum Gasteiger partial charge on any atom is -0.335 e. The van der Waals surface area contributed by atoms with Crippen molar-refractivity contribution in [3.63, 3.8) is 0 Å². The van der Waals surface area contributed by atoms with Crippen LogP contribution in [0.4, 0.5) is 4.79 Å². The van der Waals surface area contributed by atoms with E-state index in [0.29, 0.717) is 11.5 Å². The van der Waals surface area contributed by atoms with Crippen molar-refractivity contribution in [2.45, 2.75) is 77.7 Å². The van der Waals surface area contributed by atoms with E-state index in [1.165, 1.54) is 57.8 Å². The van der Waals surface area contributed by atoms with Gasteiger partial charge in [0, 0.05) is 19.1 Å². The molecule has 2 amide bonds. The maximum Gasteiger partial charge on any atom is 0.317 e. The fraction of sp³-hybridized carbons (Fsp3) is 0.938. The van der Waals surface area contributed by atoms with E-state index >= 15 is 0 Å². The Kier molecular flexibility index (Phi) is 5.12. The number of piperidine rings is 1. The van der Waals surface area contributed by atoms with Gasteiger partial charge in [-0.15, -0.1) is 0 Å². The lowest BCUT2D eigenvalue weighted by molar-refractivity contribution is 0.106. The molecule has 0 unspecified atom stereocenters. The number of carbonyl (C=O) groups is 1. The number of likely N-dealkylation sites (tertiary alicyclic amines) is 1. The maximum absolute atomic E-state index is 12.3. The van der Waals surface area contributed by atoms with Crippen molar-refractivity contribution in [2.75, 3.05) is 13.1 Å². The third kappa shape index (κ3) is 3.64. The lowest BCUT2D eigenvalue weighted by atomic mass is 9.74. The topological polar surface area (TPSA) is 32.3 Å². The monoisotopic (exact) mass is 266 g/mol. The standard InChI is InChI=1S/C16H30N2O/c1-3-16(4-2)10-12-18(13-11-16)15(19)17-14-8-6-5-7-9-14/h14H,3-13H2,1-2H3,(H,17,19). The minimum atomic E-state index is 0.188. The van der Waals surface area contributed by atoms with E-state index < -0.39 is 0 Å². The molecule has 1 saturated heterocycles. The van der Waals surface area contributed by atoms with Crippen molar-refractivity contribution in [2.24, 2.45) is 5.41 Å². The molecule has 0 bridgehead atoms. The number of amides is 2.